The van der Waals surface area contributed by atoms with E-state index in [4.69, 9.17) is 4.74 Å². The Hall–Kier alpha value is -0.670. The van der Waals surface area contributed by atoms with Gasteiger partial charge in [-0.05, 0) is 31.5 Å². The quantitative estimate of drug-likeness (QED) is 0.854. The van der Waals surface area contributed by atoms with Crippen LogP contribution in [-0.4, -0.2) is 24.2 Å². The smallest absolute Gasteiger partial charge is 0.118 e. The van der Waals surface area contributed by atoms with Gasteiger partial charge in [-0.15, -0.1) is 0 Å². The summed E-state index contributed by atoms with van der Waals surface area (Å²) in [7, 11) is 1.70. The molecule has 1 N–H and O–H groups in total. The van der Waals surface area contributed by atoms with E-state index in [-0.39, 0.29) is 5.54 Å². The average Bonchev–Trinajstić information content (AvgIpc) is 2.28. The van der Waals surface area contributed by atoms with Crippen LogP contribution in [0.25, 0.3) is 0 Å². The van der Waals surface area contributed by atoms with Gasteiger partial charge in [0.1, 0.15) is 5.75 Å². The third kappa shape index (κ3) is 2.71. The highest BCUT2D eigenvalue weighted by atomic mass is 32.2. The molecule has 2 rings (SSSR count). The second-order valence-electron chi connectivity index (χ2n) is 4.87. The average molecular weight is 237 g/mol. The van der Waals surface area contributed by atoms with E-state index in [1.165, 1.54) is 11.3 Å². The Labute approximate surface area is 102 Å². The number of hydrogen-bond donors (Lipinski definition) is 1. The molecule has 0 amide bonds. The fourth-order valence-electron chi connectivity index (χ4n) is 2.00. The molecule has 0 aliphatic carbocycles. The molecule has 0 saturated carbocycles. The number of rotatable bonds is 2. The molecule has 16 heavy (non-hydrogen) atoms. The van der Waals surface area contributed by atoms with E-state index in [0.29, 0.717) is 6.04 Å². The van der Waals surface area contributed by atoms with Crippen LogP contribution in [0.3, 0.4) is 0 Å². The minimum absolute atomic E-state index is 0.230. The summed E-state index contributed by atoms with van der Waals surface area (Å²) in [5, 5.41) is 3.68. The van der Waals surface area contributed by atoms with Gasteiger partial charge in [-0.1, -0.05) is 12.1 Å². The lowest BCUT2D eigenvalue weighted by molar-refractivity contribution is 0.375. The summed E-state index contributed by atoms with van der Waals surface area (Å²) >= 11 is 2.02. The fourth-order valence-corrected chi connectivity index (χ4v) is 3.23. The summed E-state index contributed by atoms with van der Waals surface area (Å²) in [4.78, 5) is 0. The maximum Gasteiger partial charge on any atom is 0.118 e. The van der Waals surface area contributed by atoms with Crippen LogP contribution in [0.4, 0.5) is 0 Å². The highest BCUT2D eigenvalue weighted by molar-refractivity contribution is 7.99. The van der Waals surface area contributed by atoms with Gasteiger partial charge in [0.25, 0.3) is 0 Å². The molecule has 1 aliphatic heterocycles. The van der Waals surface area contributed by atoms with Gasteiger partial charge in [-0.3, -0.25) is 0 Å². The van der Waals surface area contributed by atoms with Crippen LogP contribution in [0.1, 0.15) is 25.5 Å². The van der Waals surface area contributed by atoms with Crippen molar-refractivity contribution in [2.24, 2.45) is 0 Å². The van der Waals surface area contributed by atoms with E-state index in [9.17, 15) is 0 Å². The number of nitrogens with one attached hydrogen (secondary N) is 1. The van der Waals surface area contributed by atoms with Crippen LogP contribution in [0.15, 0.2) is 24.3 Å². The standard InChI is InChI=1S/C13H19NOS/c1-13(2)9-16-8-12(14-13)10-4-6-11(15-3)7-5-10/h4-7,12,14H,8-9H2,1-3H3. The predicted molar refractivity (Wildman–Crippen MR) is 70.3 cm³/mol. The predicted octanol–water partition coefficient (Wildman–Crippen LogP) is 2.85. The molecule has 1 fully saturated rings. The van der Waals surface area contributed by atoms with Gasteiger partial charge in [-0.25, -0.2) is 0 Å². The molecule has 0 spiro atoms. The zero-order chi connectivity index (χ0) is 11.6. The highest BCUT2D eigenvalue weighted by Gasteiger charge is 2.27. The Bertz CT molecular complexity index is 347. The molecular formula is C13H19NOS. The van der Waals surface area contributed by atoms with Crippen molar-refractivity contribution in [3.63, 3.8) is 0 Å². The van der Waals surface area contributed by atoms with Crippen LogP contribution < -0.4 is 10.1 Å². The molecule has 1 saturated heterocycles. The van der Waals surface area contributed by atoms with Crippen LogP contribution in [0.5, 0.6) is 5.75 Å². The van der Waals surface area contributed by atoms with E-state index in [2.05, 4.69) is 31.3 Å². The molecule has 0 bridgehead atoms. The Morgan fingerprint density at radius 1 is 1.31 bits per heavy atom. The van der Waals surface area contributed by atoms with Gasteiger partial charge in [0.15, 0.2) is 0 Å². The molecule has 1 aromatic rings. The van der Waals surface area contributed by atoms with Crippen molar-refractivity contribution in [2.45, 2.75) is 25.4 Å². The van der Waals surface area contributed by atoms with E-state index >= 15 is 0 Å². The molecule has 0 radical (unpaired) electrons. The van der Waals surface area contributed by atoms with Gasteiger partial charge in [0.05, 0.1) is 7.11 Å². The minimum atomic E-state index is 0.230. The third-order valence-electron chi connectivity index (χ3n) is 2.83. The summed E-state index contributed by atoms with van der Waals surface area (Å²) in [6.45, 7) is 4.52. The van der Waals surface area contributed by atoms with Gasteiger partial charge in [-0.2, -0.15) is 11.8 Å². The number of methoxy groups -OCH3 is 1. The zero-order valence-electron chi connectivity index (χ0n) is 10.1. The number of thioether (sulfide) groups is 1. The second kappa shape index (κ2) is 4.68. The topological polar surface area (TPSA) is 21.3 Å². The van der Waals surface area contributed by atoms with Crippen LogP contribution in [0.2, 0.25) is 0 Å². The largest absolute Gasteiger partial charge is 0.497 e. The van der Waals surface area contributed by atoms with Crippen LogP contribution >= 0.6 is 11.8 Å². The Morgan fingerprint density at radius 2 is 2.00 bits per heavy atom. The molecule has 1 unspecified atom stereocenters. The molecule has 3 heteroatoms. The lowest BCUT2D eigenvalue weighted by Crippen LogP contribution is -2.48. The van der Waals surface area contributed by atoms with Crippen LogP contribution in [-0.2, 0) is 0 Å². The number of benzene rings is 1. The first-order valence-corrected chi connectivity index (χ1v) is 6.75. The van der Waals surface area contributed by atoms with E-state index in [1.54, 1.807) is 7.11 Å². The maximum absolute atomic E-state index is 5.17. The maximum atomic E-state index is 5.17. The summed E-state index contributed by atoms with van der Waals surface area (Å²) in [5.41, 5.74) is 1.58. The van der Waals surface area contributed by atoms with Crippen molar-refractivity contribution in [3.8, 4) is 5.75 Å². The third-order valence-corrected chi connectivity index (χ3v) is 4.33. The molecule has 88 valence electrons. The minimum Gasteiger partial charge on any atom is -0.497 e. The Kier molecular flexibility index (Phi) is 3.45. The van der Waals surface area contributed by atoms with Crippen molar-refractivity contribution < 1.29 is 4.74 Å². The Balaban J connectivity index is 2.11. The zero-order valence-corrected chi connectivity index (χ0v) is 10.9. The highest BCUT2D eigenvalue weighted by Crippen LogP contribution is 2.29. The van der Waals surface area contributed by atoms with Crippen LogP contribution in [0, 0.1) is 0 Å². The molecule has 0 aromatic heterocycles. The van der Waals surface area contributed by atoms with Crippen molar-refractivity contribution >= 4 is 11.8 Å². The molecule has 2 nitrogen and oxygen atoms in total. The first-order valence-electron chi connectivity index (χ1n) is 5.60. The van der Waals surface area contributed by atoms with Gasteiger partial charge < -0.3 is 10.1 Å². The molecule has 1 heterocycles. The lowest BCUT2D eigenvalue weighted by atomic mass is 10.0. The summed E-state index contributed by atoms with van der Waals surface area (Å²) in [6, 6.07) is 8.82. The second-order valence-corrected chi connectivity index (χ2v) is 5.90. The van der Waals surface area contributed by atoms with Gasteiger partial charge in [0, 0.05) is 23.1 Å². The lowest BCUT2D eigenvalue weighted by Gasteiger charge is -2.37. The summed E-state index contributed by atoms with van der Waals surface area (Å²) in [5.74, 6) is 3.25. The molecule has 1 aliphatic rings. The monoisotopic (exact) mass is 237 g/mol. The number of hydrogen-bond acceptors (Lipinski definition) is 3. The van der Waals surface area contributed by atoms with E-state index in [0.717, 1.165) is 11.5 Å². The molecule has 1 aromatic carbocycles. The van der Waals surface area contributed by atoms with Crippen molar-refractivity contribution in [1.82, 2.24) is 5.32 Å². The molecule has 1 atom stereocenters. The normalized spacial score (nSPS) is 24.1. The van der Waals surface area contributed by atoms with Crippen molar-refractivity contribution in [3.05, 3.63) is 29.8 Å². The summed E-state index contributed by atoms with van der Waals surface area (Å²) < 4.78 is 5.17. The first kappa shape index (κ1) is 11.8. The Morgan fingerprint density at radius 3 is 2.56 bits per heavy atom. The van der Waals surface area contributed by atoms with Gasteiger partial charge >= 0.3 is 0 Å². The summed E-state index contributed by atoms with van der Waals surface area (Å²) in [6.07, 6.45) is 0. The molecular weight excluding hydrogens is 218 g/mol. The SMILES string of the molecule is COc1ccc(C2CSCC(C)(C)N2)cc1. The van der Waals surface area contributed by atoms with Crippen molar-refractivity contribution in [1.29, 1.82) is 0 Å². The number of ether oxygens (including phenoxy) is 1. The van der Waals surface area contributed by atoms with E-state index in [1.807, 2.05) is 23.9 Å². The van der Waals surface area contributed by atoms with Gasteiger partial charge in [0.2, 0.25) is 0 Å². The fraction of sp³-hybridized carbons (Fsp3) is 0.538. The van der Waals surface area contributed by atoms with Crippen molar-refractivity contribution in [2.75, 3.05) is 18.6 Å². The van der Waals surface area contributed by atoms with E-state index < -0.39 is 0 Å². The first-order chi connectivity index (χ1) is 7.61.